The van der Waals surface area contributed by atoms with Gasteiger partial charge in [0.2, 0.25) is 0 Å². The fourth-order valence-electron chi connectivity index (χ4n) is 9.96. The number of carbonyl (C=O) groups excluding carboxylic acids is 3. The Hall–Kier alpha value is -2.89. The first kappa shape index (κ1) is 74.1. The molecule has 6 nitrogen and oxygen atoms in total. The molecule has 77 heavy (non-hydrogen) atoms. The topological polar surface area (TPSA) is 78.9 Å². The summed E-state index contributed by atoms with van der Waals surface area (Å²) in [7, 11) is 0. The van der Waals surface area contributed by atoms with E-state index in [4.69, 9.17) is 14.2 Å². The molecule has 0 aliphatic rings. The van der Waals surface area contributed by atoms with E-state index in [-0.39, 0.29) is 31.1 Å². The van der Waals surface area contributed by atoms with Crippen molar-refractivity contribution in [2.24, 2.45) is 0 Å². The van der Waals surface area contributed by atoms with Crippen LogP contribution in [-0.2, 0) is 28.6 Å². The lowest BCUT2D eigenvalue weighted by Gasteiger charge is -2.18. The van der Waals surface area contributed by atoms with Crippen molar-refractivity contribution >= 4 is 17.9 Å². The van der Waals surface area contributed by atoms with E-state index in [1.54, 1.807) is 0 Å². The Bertz CT molecular complexity index is 1380. The van der Waals surface area contributed by atoms with Crippen molar-refractivity contribution in [2.75, 3.05) is 13.2 Å². The molecule has 0 saturated carbocycles. The molecule has 0 N–H and O–H groups in total. The lowest BCUT2D eigenvalue weighted by molar-refractivity contribution is -0.167. The molecule has 0 aromatic rings. The molecule has 1 unspecified atom stereocenters. The first-order valence-electron chi connectivity index (χ1n) is 33.8. The molecule has 6 heteroatoms. The van der Waals surface area contributed by atoms with E-state index in [2.05, 4.69) is 81.5 Å². The standard InChI is InChI=1S/C71H128O6/c1-4-7-10-13-16-19-22-25-27-28-29-30-31-32-33-34-35-36-37-38-39-40-41-42-43-44-45-47-49-52-55-58-61-64-70(73)76-67-68(66-75-69(72)63-60-57-54-51-48-24-21-18-15-12-9-6-3)77-71(74)65-62-59-56-53-50-46-26-23-20-17-14-11-8-5-2/h7,10,16,18-19,21,25,27,29-30,68H,4-6,8-9,11-15,17,20,22-24,26,28,31-67H2,1-3H3/b10-7-,19-16-,21-18-,27-25-,30-29-. The zero-order valence-corrected chi connectivity index (χ0v) is 51.5. The van der Waals surface area contributed by atoms with Gasteiger partial charge in [-0.05, 0) is 83.5 Å². The summed E-state index contributed by atoms with van der Waals surface area (Å²) in [6, 6.07) is 0. The third-order valence-electron chi connectivity index (χ3n) is 15.0. The van der Waals surface area contributed by atoms with Crippen molar-refractivity contribution in [1.29, 1.82) is 0 Å². The van der Waals surface area contributed by atoms with Crippen LogP contribution >= 0.6 is 0 Å². The van der Waals surface area contributed by atoms with E-state index in [1.807, 2.05) is 0 Å². The Morgan fingerprint density at radius 3 is 0.831 bits per heavy atom. The Labute approximate surface area is 479 Å². The van der Waals surface area contributed by atoms with Crippen LogP contribution in [0.5, 0.6) is 0 Å². The van der Waals surface area contributed by atoms with Crippen LogP contribution in [0.25, 0.3) is 0 Å². The Balaban J connectivity index is 4.07. The van der Waals surface area contributed by atoms with Crippen LogP contribution in [0, 0.1) is 0 Å². The summed E-state index contributed by atoms with van der Waals surface area (Å²) in [4.78, 5) is 38.2. The highest BCUT2D eigenvalue weighted by Crippen LogP contribution is 2.18. The normalized spacial score (nSPS) is 12.4. The first-order chi connectivity index (χ1) is 38.0. The number of ether oxygens (including phenoxy) is 3. The molecule has 0 amide bonds. The van der Waals surface area contributed by atoms with Crippen molar-refractivity contribution in [3.8, 4) is 0 Å². The highest BCUT2D eigenvalue weighted by molar-refractivity contribution is 5.71. The zero-order valence-electron chi connectivity index (χ0n) is 51.5. The number of esters is 3. The Kier molecular flexibility index (Phi) is 63.2. The van der Waals surface area contributed by atoms with E-state index >= 15 is 0 Å². The van der Waals surface area contributed by atoms with Gasteiger partial charge in [-0.1, -0.05) is 313 Å². The van der Waals surface area contributed by atoms with Crippen molar-refractivity contribution in [3.63, 3.8) is 0 Å². The highest BCUT2D eigenvalue weighted by atomic mass is 16.6. The van der Waals surface area contributed by atoms with Gasteiger partial charge in [0.15, 0.2) is 6.10 Å². The molecule has 0 bridgehead atoms. The second kappa shape index (κ2) is 65.6. The minimum atomic E-state index is -0.772. The Morgan fingerprint density at radius 2 is 0.506 bits per heavy atom. The maximum absolute atomic E-state index is 12.9. The molecule has 0 aliphatic carbocycles. The number of hydrogen-bond acceptors (Lipinski definition) is 6. The number of carbonyl (C=O) groups is 3. The van der Waals surface area contributed by atoms with E-state index in [0.717, 1.165) is 89.9 Å². The number of allylic oxidation sites excluding steroid dienone is 10. The largest absolute Gasteiger partial charge is 0.462 e. The van der Waals surface area contributed by atoms with Gasteiger partial charge in [-0.25, -0.2) is 0 Å². The molecule has 0 heterocycles. The third kappa shape index (κ3) is 63.8. The van der Waals surface area contributed by atoms with E-state index in [9.17, 15) is 14.4 Å². The molecule has 0 aromatic carbocycles. The molecule has 1 atom stereocenters. The van der Waals surface area contributed by atoms with Crippen LogP contribution in [0.2, 0.25) is 0 Å². The highest BCUT2D eigenvalue weighted by Gasteiger charge is 2.19. The summed E-state index contributed by atoms with van der Waals surface area (Å²) in [5, 5.41) is 0. The summed E-state index contributed by atoms with van der Waals surface area (Å²) < 4.78 is 16.9. The zero-order chi connectivity index (χ0) is 55.7. The molecule has 0 rings (SSSR count). The molecular weight excluding hydrogens is 949 g/mol. The van der Waals surface area contributed by atoms with Crippen molar-refractivity contribution in [3.05, 3.63) is 60.8 Å². The molecule has 0 saturated heterocycles. The van der Waals surface area contributed by atoms with Gasteiger partial charge in [0.05, 0.1) is 0 Å². The molecular formula is C71H128O6. The maximum atomic E-state index is 12.9. The SMILES string of the molecule is CC/C=C\C/C=C\C/C=C\C/C=C\CCCCCCCCCCCCCCCCCCCCCCC(=O)OCC(COC(=O)CCCCCCC/C=C\CCCCC)OC(=O)CCCCCCCCCCCCCCCC. The average Bonchev–Trinajstić information content (AvgIpc) is 3.43. The minimum Gasteiger partial charge on any atom is -0.462 e. The maximum Gasteiger partial charge on any atom is 0.306 e. The van der Waals surface area contributed by atoms with Crippen LogP contribution < -0.4 is 0 Å². The fourth-order valence-corrected chi connectivity index (χ4v) is 9.96. The smallest absolute Gasteiger partial charge is 0.306 e. The van der Waals surface area contributed by atoms with Crippen LogP contribution in [0.1, 0.15) is 355 Å². The quantitative estimate of drug-likeness (QED) is 0.0261. The monoisotopic (exact) mass is 1080 g/mol. The molecule has 0 radical (unpaired) electrons. The van der Waals surface area contributed by atoms with Gasteiger partial charge in [-0.2, -0.15) is 0 Å². The van der Waals surface area contributed by atoms with Gasteiger partial charge >= 0.3 is 17.9 Å². The lowest BCUT2D eigenvalue weighted by atomic mass is 10.0. The Morgan fingerprint density at radius 1 is 0.273 bits per heavy atom. The van der Waals surface area contributed by atoms with Crippen LogP contribution in [0.3, 0.4) is 0 Å². The van der Waals surface area contributed by atoms with Crippen molar-refractivity contribution in [1.82, 2.24) is 0 Å². The first-order valence-corrected chi connectivity index (χ1v) is 33.8. The summed E-state index contributed by atoms with van der Waals surface area (Å²) >= 11 is 0. The molecule has 0 spiro atoms. The summed E-state index contributed by atoms with van der Waals surface area (Å²) in [5.41, 5.74) is 0. The van der Waals surface area contributed by atoms with Crippen LogP contribution in [-0.4, -0.2) is 37.2 Å². The van der Waals surface area contributed by atoms with Gasteiger partial charge in [0.25, 0.3) is 0 Å². The fraction of sp³-hybridized carbons (Fsp3) is 0.817. The van der Waals surface area contributed by atoms with E-state index in [1.165, 1.54) is 225 Å². The summed E-state index contributed by atoms with van der Waals surface area (Å²) in [5.74, 6) is -0.858. The van der Waals surface area contributed by atoms with Crippen molar-refractivity contribution < 1.29 is 28.6 Å². The van der Waals surface area contributed by atoms with Gasteiger partial charge in [-0.15, -0.1) is 0 Å². The molecule has 0 aliphatic heterocycles. The minimum absolute atomic E-state index is 0.0705. The molecule has 0 fully saturated rings. The number of hydrogen-bond donors (Lipinski definition) is 0. The third-order valence-corrected chi connectivity index (χ3v) is 15.0. The van der Waals surface area contributed by atoms with Crippen molar-refractivity contribution in [2.45, 2.75) is 361 Å². The van der Waals surface area contributed by atoms with Gasteiger partial charge in [-0.3, -0.25) is 14.4 Å². The second-order valence-electron chi connectivity index (χ2n) is 22.7. The second-order valence-corrected chi connectivity index (χ2v) is 22.7. The molecule has 0 aromatic heterocycles. The van der Waals surface area contributed by atoms with Gasteiger partial charge < -0.3 is 14.2 Å². The van der Waals surface area contributed by atoms with Crippen LogP contribution in [0.4, 0.5) is 0 Å². The van der Waals surface area contributed by atoms with Gasteiger partial charge in [0.1, 0.15) is 13.2 Å². The molecule has 448 valence electrons. The number of unbranched alkanes of at least 4 members (excludes halogenated alkanes) is 41. The predicted octanol–water partition coefficient (Wildman–Crippen LogP) is 23.1. The van der Waals surface area contributed by atoms with E-state index < -0.39 is 6.10 Å². The summed E-state index contributed by atoms with van der Waals surface area (Å²) in [6.07, 6.45) is 84.0. The van der Waals surface area contributed by atoms with Crippen LogP contribution in [0.15, 0.2) is 60.8 Å². The summed E-state index contributed by atoms with van der Waals surface area (Å²) in [6.45, 7) is 6.54. The van der Waals surface area contributed by atoms with E-state index in [0.29, 0.717) is 19.3 Å². The van der Waals surface area contributed by atoms with Gasteiger partial charge in [0, 0.05) is 19.3 Å². The lowest BCUT2D eigenvalue weighted by Crippen LogP contribution is -2.30. The predicted molar refractivity (Wildman–Crippen MR) is 335 cm³/mol. The number of rotatable bonds is 62. The average molecular weight is 1080 g/mol.